The Morgan fingerprint density at radius 1 is 1.30 bits per heavy atom. The molecule has 0 radical (unpaired) electrons. The van der Waals surface area contributed by atoms with E-state index >= 15 is 0 Å². The van der Waals surface area contributed by atoms with E-state index in [2.05, 4.69) is 61.2 Å². The quantitative estimate of drug-likeness (QED) is 0.879. The molecule has 0 amide bonds. The number of aryl methyl sites for hydroxylation is 1. The van der Waals surface area contributed by atoms with Gasteiger partial charge in [-0.2, -0.15) is 4.98 Å². The molecule has 0 spiro atoms. The van der Waals surface area contributed by atoms with Crippen molar-refractivity contribution < 1.29 is 0 Å². The number of nitrogens with zero attached hydrogens (tertiary/aromatic N) is 4. The minimum atomic E-state index is 0.364. The van der Waals surface area contributed by atoms with Gasteiger partial charge in [0.2, 0.25) is 5.95 Å². The molecule has 1 unspecified atom stereocenters. The molecule has 0 aliphatic carbocycles. The number of rotatable bonds is 6. The number of likely N-dealkylation sites (N-methyl/N-ethyl adjacent to an activating group) is 1. The zero-order valence-electron chi connectivity index (χ0n) is 13.1. The maximum absolute atomic E-state index is 4.53. The minimum absolute atomic E-state index is 0.364. The summed E-state index contributed by atoms with van der Waals surface area (Å²) in [5.74, 6) is 1.36. The molecule has 2 aromatic heterocycles. The maximum atomic E-state index is 4.53. The van der Waals surface area contributed by atoms with Crippen molar-refractivity contribution in [2.75, 3.05) is 26.0 Å². The highest BCUT2D eigenvalue weighted by molar-refractivity contribution is 5.44. The van der Waals surface area contributed by atoms with E-state index in [9.17, 15) is 0 Å². The summed E-state index contributed by atoms with van der Waals surface area (Å²) in [5, 5.41) is 7.97. The molecule has 0 saturated heterocycles. The third-order valence-corrected chi connectivity index (χ3v) is 3.15. The van der Waals surface area contributed by atoms with Crippen LogP contribution in [-0.4, -0.2) is 46.2 Å². The predicted molar refractivity (Wildman–Crippen MR) is 83.1 cm³/mol. The summed E-state index contributed by atoms with van der Waals surface area (Å²) in [7, 11) is 4.19. The molecular formula is C15H25N5. The van der Waals surface area contributed by atoms with E-state index in [1.807, 2.05) is 16.8 Å². The van der Waals surface area contributed by atoms with Gasteiger partial charge in [0.15, 0.2) is 5.65 Å². The number of fused-ring (bicyclic) bond motifs is 1. The third-order valence-electron chi connectivity index (χ3n) is 3.15. The van der Waals surface area contributed by atoms with Crippen LogP contribution in [0.3, 0.4) is 0 Å². The molecule has 0 aliphatic rings. The maximum Gasteiger partial charge on any atom is 0.243 e. The largest absolute Gasteiger partial charge is 0.349 e. The van der Waals surface area contributed by atoms with E-state index in [0.717, 1.165) is 18.6 Å². The Bertz CT molecular complexity index is 548. The molecule has 2 rings (SSSR count). The average Bonchev–Trinajstić information content (AvgIpc) is 2.68. The van der Waals surface area contributed by atoms with Gasteiger partial charge in [-0.1, -0.05) is 19.9 Å². The summed E-state index contributed by atoms with van der Waals surface area (Å²) in [6.45, 7) is 7.52. The van der Waals surface area contributed by atoms with Gasteiger partial charge in [0.1, 0.15) is 0 Å². The molecular weight excluding hydrogens is 250 g/mol. The highest BCUT2D eigenvalue weighted by Gasteiger charge is 2.14. The average molecular weight is 275 g/mol. The topological polar surface area (TPSA) is 45.5 Å². The number of nitrogens with one attached hydrogen (secondary N) is 1. The summed E-state index contributed by atoms with van der Waals surface area (Å²) in [5.41, 5.74) is 2.06. The fourth-order valence-electron chi connectivity index (χ4n) is 2.42. The van der Waals surface area contributed by atoms with Crippen molar-refractivity contribution in [1.29, 1.82) is 0 Å². The zero-order valence-corrected chi connectivity index (χ0v) is 13.1. The molecule has 2 aromatic rings. The molecule has 1 atom stereocenters. The van der Waals surface area contributed by atoms with Crippen LogP contribution in [-0.2, 0) is 0 Å². The van der Waals surface area contributed by atoms with Crippen molar-refractivity contribution in [3.8, 4) is 0 Å². The van der Waals surface area contributed by atoms with Crippen molar-refractivity contribution in [2.45, 2.75) is 33.2 Å². The number of pyridine rings is 1. The Morgan fingerprint density at radius 3 is 2.70 bits per heavy atom. The summed E-state index contributed by atoms with van der Waals surface area (Å²) >= 11 is 0. The Kier molecular flexibility index (Phi) is 4.60. The Morgan fingerprint density at radius 2 is 2.05 bits per heavy atom. The monoisotopic (exact) mass is 275 g/mol. The summed E-state index contributed by atoms with van der Waals surface area (Å²) in [6, 6.07) is 4.42. The highest BCUT2D eigenvalue weighted by Crippen LogP contribution is 2.12. The summed E-state index contributed by atoms with van der Waals surface area (Å²) in [6.07, 6.45) is 3.10. The van der Waals surface area contributed by atoms with Gasteiger partial charge in [-0.3, -0.25) is 0 Å². The molecule has 5 nitrogen and oxygen atoms in total. The van der Waals surface area contributed by atoms with Gasteiger partial charge < -0.3 is 10.2 Å². The van der Waals surface area contributed by atoms with E-state index < -0.39 is 0 Å². The number of hydrogen-bond donors (Lipinski definition) is 1. The molecule has 2 heterocycles. The molecule has 0 bridgehead atoms. The van der Waals surface area contributed by atoms with Gasteiger partial charge >= 0.3 is 0 Å². The lowest BCUT2D eigenvalue weighted by Gasteiger charge is -2.23. The van der Waals surface area contributed by atoms with E-state index in [4.69, 9.17) is 0 Å². The van der Waals surface area contributed by atoms with E-state index in [1.165, 1.54) is 5.56 Å². The highest BCUT2D eigenvalue weighted by atomic mass is 15.3. The summed E-state index contributed by atoms with van der Waals surface area (Å²) < 4.78 is 1.83. The number of anilines is 1. The number of hydrogen-bond acceptors (Lipinski definition) is 4. The number of aromatic nitrogens is 3. The Hall–Kier alpha value is -1.62. The predicted octanol–water partition coefficient (Wildman–Crippen LogP) is 2.43. The van der Waals surface area contributed by atoms with Crippen molar-refractivity contribution in [3.05, 3.63) is 23.9 Å². The van der Waals surface area contributed by atoms with Crippen molar-refractivity contribution in [1.82, 2.24) is 19.5 Å². The minimum Gasteiger partial charge on any atom is -0.349 e. The first-order chi connectivity index (χ1) is 9.44. The van der Waals surface area contributed by atoms with Crippen LogP contribution in [0, 0.1) is 12.8 Å². The molecule has 0 saturated carbocycles. The zero-order chi connectivity index (χ0) is 14.7. The van der Waals surface area contributed by atoms with Gasteiger partial charge in [0.05, 0.1) is 0 Å². The van der Waals surface area contributed by atoms with Gasteiger partial charge in [-0.25, -0.2) is 4.52 Å². The first-order valence-electron chi connectivity index (χ1n) is 7.18. The Balaban J connectivity index is 2.14. The first-order valence-corrected chi connectivity index (χ1v) is 7.18. The Labute approximate surface area is 121 Å². The molecule has 1 N–H and O–H groups in total. The lowest BCUT2D eigenvalue weighted by molar-refractivity contribution is 0.355. The molecule has 0 aliphatic heterocycles. The van der Waals surface area contributed by atoms with Crippen molar-refractivity contribution >= 4 is 11.6 Å². The van der Waals surface area contributed by atoms with Gasteiger partial charge in [-0.15, -0.1) is 5.10 Å². The SMILES string of the molecule is Cc1ccc2nc(NC(CC(C)C)CN(C)C)nn2c1. The first kappa shape index (κ1) is 14.8. The van der Waals surface area contributed by atoms with Crippen LogP contribution in [0.2, 0.25) is 0 Å². The van der Waals surface area contributed by atoms with Crippen LogP contribution < -0.4 is 5.32 Å². The van der Waals surface area contributed by atoms with Gasteiger partial charge in [0.25, 0.3) is 0 Å². The standard InChI is InChI=1S/C15H25N5/c1-11(2)8-13(10-19(4)5)16-15-17-14-7-6-12(3)9-20(14)18-15/h6-7,9,11,13H,8,10H2,1-5H3,(H,16,18). The molecule has 0 fully saturated rings. The third kappa shape index (κ3) is 3.93. The molecule has 0 aromatic carbocycles. The van der Waals surface area contributed by atoms with Crippen LogP contribution in [0.1, 0.15) is 25.8 Å². The van der Waals surface area contributed by atoms with Crippen molar-refractivity contribution in [2.24, 2.45) is 5.92 Å². The van der Waals surface area contributed by atoms with E-state index in [0.29, 0.717) is 17.9 Å². The molecule has 5 heteroatoms. The normalized spacial score (nSPS) is 13.3. The fraction of sp³-hybridized carbons (Fsp3) is 0.600. The second-order valence-electron chi connectivity index (χ2n) is 6.18. The smallest absolute Gasteiger partial charge is 0.243 e. The van der Waals surface area contributed by atoms with E-state index in [1.54, 1.807) is 0 Å². The van der Waals surface area contributed by atoms with Crippen LogP contribution >= 0.6 is 0 Å². The van der Waals surface area contributed by atoms with Gasteiger partial charge in [0, 0.05) is 18.8 Å². The lowest BCUT2D eigenvalue weighted by atomic mass is 10.0. The van der Waals surface area contributed by atoms with Crippen LogP contribution in [0.25, 0.3) is 5.65 Å². The van der Waals surface area contributed by atoms with Gasteiger partial charge in [-0.05, 0) is 45.0 Å². The van der Waals surface area contributed by atoms with Crippen LogP contribution in [0.15, 0.2) is 18.3 Å². The molecule has 110 valence electrons. The van der Waals surface area contributed by atoms with Crippen LogP contribution in [0.5, 0.6) is 0 Å². The second kappa shape index (κ2) is 6.22. The summed E-state index contributed by atoms with van der Waals surface area (Å²) in [4.78, 5) is 6.72. The fourth-order valence-corrected chi connectivity index (χ4v) is 2.42. The van der Waals surface area contributed by atoms with Crippen LogP contribution in [0.4, 0.5) is 5.95 Å². The second-order valence-corrected chi connectivity index (χ2v) is 6.18. The molecule has 20 heavy (non-hydrogen) atoms. The lowest BCUT2D eigenvalue weighted by Crippen LogP contribution is -2.33. The van der Waals surface area contributed by atoms with Crippen molar-refractivity contribution in [3.63, 3.8) is 0 Å². The van der Waals surface area contributed by atoms with E-state index in [-0.39, 0.29) is 0 Å².